The van der Waals surface area contributed by atoms with E-state index in [1.165, 1.54) is 14.2 Å². The molecule has 0 saturated heterocycles. The molecule has 0 aliphatic carbocycles. The fraction of sp³-hybridized carbons (Fsp3) is 0.200. The lowest BCUT2D eigenvalue weighted by atomic mass is 10.0. The van der Waals surface area contributed by atoms with Crippen molar-refractivity contribution in [3.8, 4) is 17.2 Å². The zero-order chi connectivity index (χ0) is 24.5. The normalized spacial score (nSPS) is 11.0. The molecule has 0 bridgehead atoms. The minimum Gasteiger partial charge on any atom is -0.497 e. The smallest absolute Gasteiger partial charge is 0.360 e. The minimum absolute atomic E-state index is 0.0301. The maximum Gasteiger partial charge on any atom is 0.360 e. The van der Waals surface area contributed by atoms with E-state index >= 15 is 0 Å². The molecule has 0 aromatic heterocycles. The molecule has 0 N–H and O–H groups in total. The van der Waals surface area contributed by atoms with Crippen LogP contribution in [0.25, 0.3) is 0 Å². The molecule has 0 spiro atoms. The van der Waals surface area contributed by atoms with Crippen LogP contribution in [0.1, 0.15) is 16.7 Å². The van der Waals surface area contributed by atoms with Gasteiger partial charge in [0, 0.05) is 17.7 Å². The number of oxime groups is 1. The topological polar surface area (TPSA) is 75.6 Å². The monoisotopic (exact) mass is 503 g/mol. The Balaban J connectivity index is 1.73. The summed E-state index contributed by atoms with van der Waals surface area (Å²) < 4.78 is 21.7. The Hall–Kier alpha value is -3.42. The summed E-state index contributed by atoms with van der Waals surface area (Å²) in [5.74, 6) is 0.922. The zero-order valence-corrected chi connectivity index (χ0v) is 20.4. The van der Waals surface area contributed by atoms with Gasteiger partial charge >= 0.3 is 5.97 Å². The molecule has 0 aliphatic rings. The maximum atomic E-state index is 12.1. The van der Waals surface area contributed by atoms with E-state index in [1.807, 2.05) is 30.3 Å². The third-order valence-corrected chi connectivity index (χ3v) is 5.30. The highest BCUT2D eigenvalue weighted by molar-refractivity contribution is 6.43. The molecule has 0 radical (unpaired) electrons. The Morgan fingerprint density at radius 1 is 0.853 bits per heavy atom. The largest absolute Gasteiger partial charge is 0.497 e. The van der Waals surface area contributed by atoms with Crippen LogP contribution in [0.15, 0.2) is 65.8 Å². The van der Waals surface area contributed by atoms with Crippen molar-refractivity contribution >= 4 is 34.9 Å². The Labute approximate surface area is 207 Å². The Bertz CT molecular complexity index is 1140. The molecule has 0 atom stereocenters. The standard InChI is InChI=1S/C25H23Cl2NO6/c1-30-18-10-8-16(9-11-18)14-34-24-21(26)12-19(13-22(24)27)33-15-17-6-4-5-7-20(17)23(28-32-3)25(29)31-2/h4-13H,14-15H2,1-3H3/b28-23+. The first-order valence-corrected chi connectivity index (χ1v) is 10.9. The first-order chi connectivity index (χ1) is 16.5. The molecule has 0 unspecified atom stereocenters. The summed E-state index contributed by atoms with van der Waals surface area (Å²) >= 11 is 12.8. The summed E-state index contributed by atoms with van der Waals surface area (Å²) in [4.78, 5) is 16.9. The molecule has 3 aromatic rings. The fourth-order valence-corrected chi connectivity index (χ4v) is 3.63. The number of carbonyl (C=O) groups is 1. The summed E-state index contributed by atoms with van der Waals surface area (Å²) in [6.45, 7) is 0.404. The van der Waals surface area contributed by atoms with Gasteiger partial charge in [0.05, 0.1) is 24.3 Å². The number of nitrogens with zero attached hydrogens (tertiary/aromatic N) is 1. The van der Waals surface area contributed by atoms with Gasteiger partial charge in [-0.25, -0.2) is 4.79 Å². The van der Waals surface area contributed by atoms with Crippen LogP contribution in [0.3, 0.4) is 0 Å². The van der Waals surface area contributed by atoms with Crippen LogP contribution < -0.4 is 14.2 Å². The molecule has 0 aliphatic heterocycles. The van der Waals surface area contributed by atoms with E-state index in [0.29, 0.717) is 32.7 Å². The third-order valence-electron chi connectivity index (χ3n) is 4.74. The van der Waals surface area contributed by atoms with E-state index in [4.69, 9.17) is 47.0 Å². The Kier molecular flexibility index (Phi) is 9.01. The SMILES string of the molecule is CO/N=C(/C(=O)OC)c1ccccc1COc1cc(Cl)c(OCc2ccc(OC)cc2)c(Cl)c1. The van der Waals surface area contributed by atoms with E-state index in [-0.39, 0.29) is 18.9 Å². The van der Waals surface area contributed by atoms with Crippen LogP contribution in [0.4, 0.5) is 0 Å². The van der Waals surface area contributed by atoms with Crippen LogP contribution in [-0.2, 0) is 27.6 Å². The fourth-order valence-electron chi connectivity index (χ4n) is 3.06. The van der Waals surface area contributed by atoms with Gasteiger partial charge in [-0.1, -0.05) is 64.8 Å². The number of hydrogen-bond donors (Lipinski definition) is 0. The van der Waals surface area contributed by atoms with Crippen molar-refractivity contribution in [2.45, 2.75) is 13.2 Å². The Morgan fingerprint density at radius 2 is 1.53 bits per heavy atom. The highest BCUT2D eigenvalue weighted by atomic mass is 35.5. The van der Waals surface area contributed by atoms with E-state index in [0.717, 1.165) is 11.3 Å². The highest BCUT2D eigenvalue weighted by Gasteiger charge is 2.19. The van der Waals surface area contributed by atoms with Crippen molar-refractivity contribution in [3.05, 3.63) is 87.4 Å². The van der Waals surface area contributed by atoms with Crippen molar-refractivity contribution in [1.82, 2.24) is 0 Å². The number of hydrogen-bond acceptors (Lipinski definition) is 7. The average molecular weight is 504 g/mol. The van der Waals surface area contributed by atoms with E-state index < -0.39 is 5.97 Å². The van der Waals surface area contributed by atoms with Crippen LogP contribution in [-0.4, -0.2) is 33.0 Å². The molecule has 9 heteroatoms. The van der Waals surface area contributed by atoms with Crippen LogP contribution in [0.2, 0.25) is 10.0 Å². The van der Waals surface area contributed by atoms with Gasteiger partial charge in [0.2, 0.25) is 0 Å². The van der Waals surface area contributed by atoms with Crippen molar-refractivity contribution in [1.29, 1.82) is 0 Å². The Morgan fingerprint density at radius 3 is 2.15 bits per heavy atom. The van der Waals surface area contributed by atoms with Gasteiger partial charge in [0.25, 0.3) is 0 Å². The number of carbonyl (C=O) groups excluding carboxylic acids is 1. The number of benzene rings is 3. The average Bonchev–Trinajstić information content (AvgIpc) is 2.85. The molecular formula is C25H23Cl2NO6. The molecule has 178 valence electrons. The molecular weight excluding hydrogens is 481 g/mol. The van der Waals surface area contributed by atoms with Gasteiger partial charge in [-0.15, -0.1) is 0 Å². The predicted molar refractivity (Wildman–Crippen MR) is 130 cm³/mol. The van der Waals surface area contributed by atoms with Crippen LogP contribution in [0.5, 0.6) is 17.2 Å². The molecule has 3 rings (SSSR count). The zero-order valence-electron chi connectivity index (χ0n) is 18.8. The molecule has 3 aromatic carbocycles. The highest BCUT2D eigenvalue weighted by Crippen LogP contribution is 2.37. The summed E-state index contributed by atoms with van der Waals surface area (Å²) in [7, 11) is 4.23. The molecule has 34 heavy (non-hydrogen) atoms. The predicted octanol–water partition coefficient (Wildman–Crippen LogP) is 5.68. The van der Waals surface area contributed by atoms with Crippen molar-refractivity contribution in [3.63, 3.8) is 0 Å². The van der Waals surface area contributed by atoms with Gasteiger partial charge in [-0.2, -0.15) is 0 Å². The summed E-state index contributed by atoms with van der Waals surface area (Å²) in [5, 5.41) is 4.41. The first kappa shape index (κ1) is 25.2. The molecule has 0 amide bonds. The van der Waals surface area contributed by atoms with Crippen LogP contribution in [0, 0.1) is 0 Å². The molecule has 0 saturated carbocycles. The minimum atomic E-state index is -0.626. The molecule has 0 fully saturated rings. The van der Waals surface area contributed by atoms with E-state index in [1.54, 1.807) is 37.4 Å². The number of esters is 1. The second-order valence-electron chi connectivity index (χ2n) is 6.91. The maximum absolute atomic E-state index is 12.1. The van der Waals surface area contributed by atoms with Crippen LogP contribution >= 0.6 is 23.2 Å². The lowest BCUT2D eigenvalue weighted by Gasteiger charge is -2.14. The van der Waals surface area contributed by atoms with Gasteiger partial charge < -0.3 is 23.8 Å². The van der Waals surface area contributed by atoms with Crippen molar-refractivity contribution in [2.75, 3.05) is 21.3 Å². The number of methoxy groups -OCH3 is 2. The van der Waals surface area contributed by atoms with Gasteiger partial charge in [-0.3, -0.25) is 0 Å². The van der Waals surface area contributed by atoms with Gasteiger partial charge in [-0.05, 0) is 23.3 Å². The van der Waals surface area contributed by atoms with E-state index in [9.17, 15) is 4.79 Å². The number of halogens is 2. The lowest BCUT2D eigenvalue weighted by molar-refractivity contribution is -0.132. The second kappa shape index (κ2) is 12.2. The van der Waals surface area contributed by atoms with Crippen molar-refractivity contribution in [2.24, 2.45) is 5.16 Å². The van der Waals surface area contributed by atoms with Gasteiger partial charge in [0.15, 0.2) is 11.5 Å². The lowest BCUT2D eigenvalue weighted by Crippen LogP contribution is -2.19. The summed E-state index contributed by atoms with van der Waals surface area (Å²) in [6, 6.07) is 17.8. The number of ether oxygens (including phenoxy) is 4. The summed E-state index contributed by atoms with van der Waals surface area (Å²) in [5.41, 5.74) is 2.18. The first-order valence-electron chi connectivity index (χ1n) is 10.1. The number of rotatable bonds is 10. The van der Waals surface area contributed by atoms with Gasteiger partial charge in [0.1, 0.15) is 31.8 Å². The van der Waals surface area contributed by atoms with E-state index in [2.05, 4.69) is 5.16 Å². The molecule has 0 heterocycles. The van der Waals surface area contributed by atoms with Crippen molar-refractivity contribution < 1.29 is 28.6 Å². The molecule has 7 nitrogen and oxygen atoms in total. The quantitative estimate of drug-likeness (QED) is 0.201. The summed E-state index contributed by atoms with van der Waals surface area (Å²) in [6.07, 6.45) is 0. The second-order valence-corrected chi connectivity index (χ2v) is 7.73. The third kappa shape index (κ3) is 6.34.